The maximum absolute atomic E-state index is 13.2. The van der Waals surface area contributed by atoms with Crippen molar-refractivity contribution in [2.75, 3.05) is 0 Å². The van der Waals surface area contributed by atoms with Crippen molar-refractivity contribution in [2.45, 2.75) is 20.8 Å². The van der Waals surface area contributed by atoms with Gasteiger partial charge < -0.3 is 4.98 Å². The average Bonchev–Trinajstić information content (AvgIpc) is 3.26. The number of hydrogen-bond acceptors (Lipinski definition) is 3. The molecule has 0 atom stereocenters. The molecule has 2 aromatic heterocycles. The molecular formula is C36H26IrN2O-2. The molecule has 3 nitrogen and oxygen atoms in total. The number of fused-ring (bicyclic) bond motifs is 5. The molecule has 0 spiro atoms. The molecule has 40 heavy (non-hydrogen) atoms. The predicted molar refractivity (Wildman–Crippen MR) is 158 cm³/mol. The van der Waals surface area contributed by atoms with Crippen LogP contribution in [-0.4, -0.2) is 15.8 Å². The summed E-state index contributed by atoms with van der Waals surface area (Å²) in [5.74, 6) is 0.0832. The van der Waals surface area contributed by atoms with Crippen LogP contribution in [0.1, 0.15) is 32.6 Å². The smallest absolute Gasteiger partial charge is 0.194 e. The first-order valence-electron chi connectivity index (χ1n) is 13.0. The minimum absolute atomic E-state index is 0. The molecule has 0 aliphatic heterocycles. The predicted octanol–water partition coefficient (Wildman–Crippen LogP) is 8.38. The molecule has 6 aromatic rings. The van der Waals surface area contributed by atoms with Crippen LogP contribution in [0.5, 0.6) is 0 Å². The second-order valence-corrected chi connectivity index (χ2v) is 9.85. The van der Waals surface area contributed by atoms with Crippen molar-refractivity contribution in [3.63, 3.8) is 0 Å². The molecule has 4 aromatic carbocycles. The Labute approximate surface area is 248 Å². The first-order chi connectivity index (χ1) is 19.0. The number of rotatable bonds is 2. The van der Waals surface area contributed by atoms with Crippen molar-refractivity contribution in [2.24, 2.45) is 0 Å². The Morgan fingerprint density at radius 2 is 1.45 bits per heavy atom. The molecule has 197 valence electrons. The minimum atomic E-state index is 0. The topological polar surface area (TPSA) is 42.9 Å². The van der Waals surface area contributed by atoms with Crippen molar-refractivity contribution in [1.82, 2.24) is 9.97 Å². The van der Waals surface area contributed by atoms with Gasteiger partial charge in [0, 0.05) is 42.8 Å². The Morgan fingerprint density at radius 1 is 0.700 bits per heavy atom. The van der Waals surface area contributed by atoms with E-state index >= 15 is 0 Å². The van der Waals surface area contributed by atoms with Gasteiger partial charge in [0.1, 0.15) is 0 Å². The van der Waals surface area contributed by atoms with Crippen LogP contribution in [0.2, 0.25) is 0 Å². The van der Waals surface area contributed by atoms with Crippen LogP contribution >= 0.6 is 0 Å². The van der Waals surface area contributed by atoms with Gasteiger partial charge in [-0.3, -0.25) is 9.78 Å². The van der Waals surface area contributed by atoms with Crippen molar-refractivity contribution >= 4 is 16.7 Å². The Balaban J connectivity index is 0.000000195. The van der Waals surface area contributed by atoms with E-state index in [-0.39, 0.29) is 25.9 Å². The standard InChI is InChI=1S/C24H16NO.C12H10N.Ir/c1-14-11-15(2)13-16(12-14)23-21-17-7-3-4-8-18(17)24(26)22(21)19-9-5-6-10-20(19)25-23;1-10-7-8-12(13-9-10)11-5-3-2-4-6-11;/h3-12H,1-2H3;2-5,7-9H,1H3;/q2*-1;. The van der Waals surface area contributed by atoms with Crippen LogP contribution in [-0.2, 0) is 20.1 Å². The third-order valence-electron chi connectivity index (χ3n) is 6.86. The van der Waals surface area contributed by atoms with Crippen molar-refractivity contribution in [3.05, 3.63) is 143 Å². The second kappa shape index (κ2) is 11.5. The largest absolute Gasteiger partial charge is 0.304 e. The van der Waals surface area contributed by atoms with Crippen LogP contribution in [0, 0.1) is 32.9 Å². The molecule has 0 saturated carbocycles. The van der Waals surface area contributed by atoms with Crippen LogP contribution in [0.4, 0.5) is 0 Å². The van der Waals surface area contributed by atoms with Crippen molar-refractivity contribution < 1.29 is 24.9 Å². The maximum Gasteiger partial charge on any atom is 0.194 e. The van der Waals surface area contributed by atoms with Gasteiger partial charge in [-0.25, -0.2) is 0 Å². The Morgan fingerprint density at radius 3 is 2.17 bits per heavy atom. The average molecular weight is 695 g/mol. The molecule has 0 bridgehead atoms. The van der Waals surface area contributed by atoms with Gasteiger partial charge >= 0.3 is 0 Å². The van der Waals surface area contributed by atoms with Gasteiger partial charge in [0.2, 0.25) is 0 Å². The molecule has 2 heterocycles. The van der Waals surface area contributed by atoms with Crippen LogP contribution in [0.15, 0.2) is 103 Å². The van der Waals surface area contributed by atoms with Gasteiger partial charge in [-0.1, -0.05) is 68.4 Å². The van der Waals surface area contributed by atoms with E-state index in [0.29, 0.717) is 0 Å². The number of aromatic nitrogens is 2. The van der Waals surface area contributed by atoms with E-state index in [9.17, 15) is 4.79 Å². The van der Waals surface area contributed by atoms with E-state index < -0.39 is 0 Å². The van der Waals surface area contributed by atoms with E-state index in [2.05, 4.69) is 42.2 Å². The monoisotopic (exact) mass is 695 g/mol. The van der Waals surface area contributed by atoms with Crippen molar-refractivity contribution in [1.29, 1.82) is 0 Å². The number of para-hydroxylation sites is 1. The molecule has 0 fully saturated rings. The van der Waals surface area contributed by atoms with E-state index in [1.165, 1.54) is 5.56 Å². The molecule has 0 N–H and O–H groups in total. The number of ketones is 1. The summed E-state index contributed by atoms with van der Waals surface area (Å²) in [5, 5.41) is 0.914. The summed E-state index contributed by atoms with van der Waals surface area (Å²) in [4.78, 5) is 22.4. The van der Waals surface area contributed by atoms with Gasteiger partial charge in [0.15, 0.2) is 5.78 Å². The zero-order valence-electron chi connectivity index (χ0n) is 22.5. The number of pyridine rings is 2. The quantitative estimate of drug-likeness (QED) is 0.171. The number of carbonyl (C=O) groups is 1. The SMILES string of the molecule is Cc1[c-]c(-c2nc3ccccc3c3c2-c2ccccc2C3=O)cc(C)c1.Cc1ccc(-c2[c-]cccc2)nc1.[Ir]. The molecule has 4 heteroatoms. The molecule has 0 unspecified atom stereocenters. The van der Waals surface area contributed by atoms with E-state index in [1.54, 1.807) is 0 Å². The zero-order chi connectivity index (χ0) is 26.9. The number of aryl methyl sites for hydroxylation is 3. The fourth-order valence-corrected chi connectivity index (χ4v) is 5.14. The molecule has 0 saturated heterocycles. The normalized spacial score (nSPS) is 11.2. The second-order valence-electron chi connectivity index (χ2n) is 9.85. The van der Waals surface area contributed by atoms with Crippen molar-refractivity contribution in [3.8, 4) is 33.6 Å². The van der Waals surface area contributed by atoms with Gasteiger partial charge in [0.25, 0.3) is 0 Å². The summed E-state index contributed by atoms with van der Waals surface area (Å²) in [7, 11) is 0. The Bertz CT molecular complexity index is 1820. The fourth-order valence-electron chi connectivity index (χ4n) is 5.14. The summed E-state index contributed by atoms with van der Waals surface area (Å²) in [6, 6.07) is 38.4. The Hall–Kier alpha value is -4.24. The van der Waals surface area contributed by atoms with Gasteiger partial charge in [-0.05, 0) is 41.1 Å². The van der Waals surface area contributed by atoms with Crippen LogP contribution < -0.4 is 0 Å². The third-order valence-corrected chi connectivity index (χ3v) is 6.86. The van der Waals surface area contributed by atoms with E-state index in [4.69, 9.17) is 4.98 Å². The van der Waals surface area contributed by atoms with E-state index in [1.807, 2.05) is 98.9 Å². The molecule has 1 radical (unpaired) electrons. The Kier molecular flexibility index (Phi) is 7.84. The van der Waals surface area contributed by atoms with Gasteiger partial charge in [-0.2, -0.15) is 0 Å². The maximum atomic E-state index is 13.2. The summed E-state index contributed by atoms with van der Waals surface area (Å²) < 4.78 is 0. The molecule has 1 aliphatic rings. The third kappa shape index (κ3) is 5.16. The molecule has 0 amide bonds. The molecule has 1 aliphatic carbocycles. The van der Waals surface area contributed by atoms with Gasteiger partial charge in [-0.15, -0.1) is 70.8 Å². The summed E-state index contributed by atoms with van der Waals surface area (Å²) in [6.07, 6.45) is 1.87. The zero-order valence-corrected chi connectivity index (χ0v) is 24.8. The van der Waals surface area contributed by atoms with Gasteiger partial charge in [0.05, 0.1) is 5.52 Å². The number of benzene rings is 4. The van der Waals surface area contributed by atoms with E-state index in [0.717, 1.165) is 66.8 Å². The number of nitrogens with zero attached hydrogens (tertiary/aromatic N) is 2. The first-order valence-corrected chi connectivity index (χ1v) is 13.0. The first kappa shape index (κ1) is 27.3. The summed E-state index contributed by atoms with van der Waals surface area (Å²) in [6.45, 7) is 6.15. The minimum Gasteiger partial charge on any atom is -0.304 e. The molecule has 7 rings (SSSR count). The fraction of sp³-hybridized carbons (Fsp3) is 0.0833. The van der Waals surface area contributed by atoms with Crippen LogP contribution in [0.25, 0.3) is 44.5 Å². The number of carbonyl (C=O) groups excluding carboxylic acids is 1. The molecular weight excluding hydrogens is 669 g/mol. The van der Waals surface area contributed by atoms with Crippen LogP contribution in [0.3, 0.4) is 0 Å². The summed E-state index contributed by atoms with van der Waals surface area (Å²) >= 11 is 0. The number of hydrogen-bond donors (Lipinski definition) is 0. The summed E-state index contributed by atoms with van der Waals surface area (Å²) in [5.41, 5.74) is 11.5.